The zero-order valence-electron chi connectivity index (χ0n) is 16.0. The van der Waals surface area contributed by atoms with Gasteiger partial charge in [0.05, 0.1) is 6.61 Å². The quantitative estimate of drug-likeness (QED) is 0.193. The van der Waals surface area contributed by atoms with Crippen molar-refractivity contribution in [3.05, 3.63) is 29.8 Å². The molecular weight excluding hydrogens is 459 g/mol. The molecule has 0 spiro atoms. The number of halogens is 1. The molecule has 0 aliphatic carbocycles. The number of carbonyl (C=O) groups is 2. The summed E-state index contributed by atoms with van der Waals surface area (Å²) in [4.78, 5) is 29.1. The first-order chi connectivity index (χ1) is 12.6. The SMILES string of the molecule is CCOC(=O)CCCNC(=NC)NCc1ccc(N2CCCC2=O)cc1.I. The number of benzene rings is 1. The number of rotatable bonds is 8. The Morgan fingerprint density at radius 2 is 2.00 bits per heavy atom. The van der Waals surface area contributed by atoms with Crippen LogP contribution in [0.5, 0.6) is 0 Å². The van der Waals surface area contributed by atoms with Gasteiger partial charge in [-0.1, -0.05) is 12.1 Å². The number of carbonyl (C=O) groups excluding carboxylic acids is 2. The van der Waals surface area contributed by atoms with Gasteiger partial charge < -0.3 is 20.3 Å². The number of nitrogens with zero attached hydrogens (tertiary/aromatic N) is 2. The third-order valence-corrected chi connectivity index (χ3v) is 4.16. The van der Waals surface area contributed by atoms with Crippen molar-refractivity contribution in [1.82, 2.24) is 10.6 Å². The summed E-state index contributed by atoms with van der Waals surface area (Å²) in [5.41, 5.74) is 2.06. The van der Waals surface area contributed by atoms with Crippen molar-refractivity contribution in [2.75, 3.05) is 31.6 Å². The van der Waals surface area contributed by atoms with E-state index in [2.05, 4.69) is 15.6 Å². The molecule has 1 aliphatic heterocycles. The van der Waals surface area contributed by atoms with Crippen molar-refractivity contribution in [2.45, 2.75) is 39.2 Å². The predicted octanol–water partition coefficient (Wildman–Crippen LogP) is 2.44. The Hall–Kier alpha value is -1.84. The highest BCUT2D eigenvalue weighted by atomic mass is 127. The van der Waals surface area contributed by atoms with Gasteiger partial charge in [-0.25, -0.2) is 0 Å². The average Bonchev–Trinajstić information content (AvgIpc) is 3.08. The minimum Gasteiger partial charge on any atom is -0.466 e. The molecule has 1 saturated heterocycles. The highest BCUT2D eigenvalue weighted by Gasteiger charge is 2.21. The van der Waals surface area contributed by atoms with Crippen LogP contribution in [0.2, 0.25) is 0 Å². The maximum absolute atomic E-state index is 11.8. The smallest absolute Gasteiger partial charge is 0.305 e. The summed E-state index contributed by atoms with van der Waals surface area (Å²) in [5, 5.41) is 6.42. The number of hydrogen-bond donors (Lipinski definition) is 2. The standard InChI is InChI=1S/C19H28N4O3.HI/c1-3-26-18(25)7-4-12-21-19(20-2)22-14-15-8-10-16(11-9-15)23-13-5-6-17(23)24;/h8-11H,3-7,12-14H2,1-2H3,(H2,20,21,22);1H. The Morgan fingerprint density at radius 1 is 1.26 bits per heavy atom. The molecule has 0 bridgehead atoms. The van der Waals surface area contributed by atoms with Gasteiger partial charge in [-0.2, -0.15) is 0 Å². The molecule has 7 nitrogen and oxygen atoms in total. The second-order valence-electron chi connectivity index (χ2n) is 6.08. The molecule has 150 valence electrons. The second kappa shape index (κ2) is 12.5. The van der Waals surface area contributed by atoms with Gasteiger partial charge in [-0.15, -0.1) is 24.0 Å². The maximum atomic E-state index is 11.8. The zero-order valence-corrected chi connectivity index (χ0v) is 18.3. The van der Waals surface area contributed by atoms with Crippen LogP contribution in [-0.4, -0.2) is 44.6 Å². The average molecular weight is 488 g/mol. The molecule has 1 fully saturated rings. The third kappa shape index (κ3) is 7.74. The molecule has 1 aromatic rings. The highest BCUT2D eigenvalue weighted by Crippen LogP contribution is 2.21. The van der Waals surface area contributed by atoms with E-state index >= 15 is 0 Å². The van der Waals surface area contributed by atoms with E-state index in [1.807, 2.05) is 29.2 Å². The Morgan fingerprint density at radius 3 is 2.59 bits per heavy atom. The van der Waals surface area contributed by atoms with Crippen molar-refractivity contribution >= 4 is 47.5 Å². The minimum atomic E-state index is -0.172. The Labute approximate surface area is 178 Å². The van der Waals surface area contributed by atoms with Crippen LogP contribution in [0.25, 0.3) is 0 Å². The Balaban J connectivity index is 0.00000364. The number of guanidine groups is 1. The zero-order chi connectivity index (χ0) is 18.8. The van der Waals surface area contributed by atoms with E-state index in [9.17, 15) is 9.59 Å². The molecule has 1 amide bonds. The van der Waals surface area contributed by atoms with Crippen LogP contribution in [0.3, 0.4) is 0 Å². The lowest BCUT2D eigenvalue weighted by atomic mass is 10.2. The molecule has 1 aromatic carbocycles. The summed E-state index contributed by atoms with van der Waals surface area (Å²) < 4.78 is 4.90. The highest BCUT2D eigenvalue weighted by molar-refractivity contribution is 14.0. The van der Waals surface area contributed by atoms with Crippen LogP contribution in [0.4, 0.5) is 5.69 Å². The topological polar surface area (TPSA) is 83.0 Å². The van der Waals surface area contributed by atoms with Gasteiger partial charge in [0.2, 0.25) is 5.91 Å². The van der Waals surface area contributed by atoms with Gasteiger partial charge in [0.1, 0.15) is 0 Å². The molecule has 2 N–H and O–H groups in total. The van der Waals surface area contributed by atoms with Gasteiger partial charge in [-0.3, -0.25) is 14.6 Å². The first-order valence-corrected chi connectivity index (χ1v) is 9.13. The van der Waals surface area contributed by atoms with Crippen molar-refractivity contribution in [2.24, 2.45) is 4.99 Å². The summed E-state index contributed by atoms with van der Waals surface area (Å²) in [5.74, 6) is 0.713. The molecule has 27 heavy (non-hydrogen) atoms. The first-order valence-electron chi connectivity index (χ1n) is 9.13. The number of hydrogen-bond acceptors (Lipinski definition) is 4. The van der Waals surface area contributed by atoms with E-state index in [-0.39, 0.29) is 35.9 Å². The summed E-state index contributed by atoms with van der Waals surface area (Å²) in [6, 6.07) is 8.00. The summed E-state index contributed by atoms with van der Waals surface area (Å²) >= 11 is 0. The second-order valence-corrected chi connectivity index (χ2v) is 6.08. The lowest BCUT2D eigenvalue weighted by molar-refractivity contribution is -0.143. The molecule has 0 unspecified atom stereocenters. The number of esters is 1. The first kappa shape index (κ1) is 23.2. The summed E-state index contributed by atoms with van der Waals surface area (Å²) in [6.07, 6.45) is 2.66. The van der Waals surface area contributed by atoms with E-state index in [1.54, 1.807) is 14.0 Å². The third-order valence-electron chi connectivity index (χ3n) is 4.16. The van der Waals surface area contributed by atoms with E-state index in [0.717, 1.165) is 24.2 Å². The van der Waals surface area contributed by atoms with E-state index in [1.165, 1.54) is 0 Å². The largest absolute Gasteiger partial charge is 0.466 e. The number of ether oxygens (including phenoxy) is 1. The fourth-order valence-corrected chi connectivity index (χ4v) is 2.79. The van der Waals surface area contributed by atoms with Crippen LogP contribution >= 0.6 is 24.0 Å². The van der Waals surface area contributed by atoms with Crippen molar-refractivity contribution in [3.8, 4) is 0 Å². The van der Waals surface area contributed by atoms with Crippen LogP contribution in [0.15, 0.2) is 29.3 Å². The molecule has 1 aliphatic rings. The van der Waals surface area contributed by atoms with Gasteiger partial charge in [0.15, 0.2) is 5.96 Å². The van der Waals surface area contributed by atoms with Crippen molar-refractivity contribution in [3.63, 3.8) is 0 Å². The van der Waals surface area contributed by atoms with Crippen LogP contribution in [0.1, 0.15) is 38.2 Å². The monoisotopic (exact) mass is 488 g/mol. The fraction of sp³-hybridized carbons (Fsp3) is 0.526. The minimum absolute atomic E-state index is 0. The van der Waals surface area contributed by atoms with Crippen molar-refractivity contribution in [1.29, 1.82) is 0 Å². The number of aliphatic imine (C=N–C) groups is 1. The summed E-state index contributed by atoms with van der Waals surface area (Å²) in [7, 11) is 1.71. The molecular formula is C19H29IN4O3. The normalized spacial score (nSPS) is 13.9. The molecule has 8 heteroatoms. The van der Waals surface area contributed by atoms with Gasteiger partial charge >= 0.3 is 5.97 Å². The lowest BCUT2D eigenvalue weighted by Crippen LogP contribution is -2.37. The molecule has 2 rings (SSSR count). The van der Waals surface area contributed by atoms with E-state index in [4.69, 9.17) is 4.74 Å². The van der Waals surface area contributed by atoms with Crippen molar-refractivity contribution < 1.29 is 14.3 Å². The van der Waals surface area contributed by atoms with E-state index in [0.29, 0.717) is 44.9 Å². The van der Waals surface area contributed by atoms with Gasteiger partial charge in [0, 0.05) is 45.2 Å². The lowest BCUT2D eigenvalue weighted by Gasteiger charge is -2.16. The van der Waals surface area contributed by atoms with Gasteiger partial charge in [0.25, 0.3) is 0 Å². The van der Waals surface area contributed by atoms with E-state index < -0.39 is 0 Å². The number of nitrogens with one attached hydrogen (secondary N) is 2. The Bertz CT molecular complexity index is 634. The Kier molecular flexibility index (Phi) is 10.8. The van der Waals surface area contributed by atoms with Crippen LogP contribution in [0, 0.1) is 0 Å². The van der Waals surface area contributed by atoms with Crippen LogP contribution in [-0.2, 0) is 20.9 Å². The maximum Gasteiger partial charge on any atom is 0.305 e. The number of anilines is 1. The van der Waals surface area contributed by atoms with Crippen LogP contribution < -0.4 is 15.5 Å². The molecule has 0 saturated carbocycles. The molecule has 0 radical (unpaired) electrons. The fourth-order valence-electron chi connectivity index (χ4n) is 2.79. The molecule has 1 heterocycles. The molecule has 0 aromatic heterocycles. The number of amides is 1. The molecule has 0 atom stereocenters. The predicted molar refractivity (Wildman–Crippen MR) is 118 cm³/mol. The van der Waals surface area contributed by atoms with Gasteiger partial charge in [-0.05, 0) is 37.5 Å². The summed E-state index contributed by atoms with van der Waals surface area (Å²) in [6.45, 7) is 4.30.